The van der Waals surface area contributed by atoms with Gasteiger partial charge in [0.1, 0.15) is 0 Å². The van der Waals surface area contributed by atoms with Crippen molar-refractivity contribution >= 4 is 10.0 Å². The van der Waals surface area contributed by atoms with Gasteiger partial charge in [-0.2, -0.15) is 4.31 Å². The Hall–Kier alpha value is -0.950. The molecule has 0 fully saturated rings. The molecule has 120 valence electrons. The fraction of sp³-hybridized carbons (Fsp3) is 0.600. The normalized spacial score (nSPS) is 12.3. The number of rotatable bonds is 9. The molecule has 6 heteroatoms. The number of nitrogens with zero attached hydrogens (tertiary/aromatic N) is 1. The monoisotopic (exact) mass is 315 g/mol. The average molecular weight is 315 g/mol. The molecule has 0 atom stereocenters. The number of benzene rings is 1. The van der Waals surface area contributed by atoms with E-state index in [1.165, 1.54) is 4.31 Å². The van der Waals surface area contributed by atoms with E-state index in [2.05, 4.69) is 0 Å². The van der Waals surface area contributed by atoms with Crippen LogP contribution in [0.1, 0.15) is 25.8 Å². The number of ether oxygens (including phenoxy) is 1. The summed E-state index contributed by atoms with van der Waals surface area (Å²) in [5.74, 6) is 0. The highest BCUT2D eigenvalue weighted by molar-refractivity contribution is 7.89. The topological polar surface area (TPSA) is 66.8 Å². The van der Waals surface area contributed by atoms with Gasteiger partial charge in [0.15, 0.2) is 0 Å². The molecule has 5 nitrogen and oxygen atoms in total. The molecule has 0 amide bonds. The zero-order valence-corrected chi connectivity index (χ0v) is 13.8. The van der Waals surface area contributed by atoms with Gasteiger partial charge in [-0.15, -0.1) is 0 Å². The van der Waals surface area contributed by atoms with Crippen LogP contribution in [0.3, 0.4) is 0 Å². The lowest BCUT2D eigenvalue weighted by molar-refractivity contribution is 0.171. The zero-order valence-electron chi connectivity index (χ0n) is 12.9. The van der Waals surface area contributed by atoms with Crippen molar-refractivity contribution in [1.29, 1.82) is 0 Å². The fourth-order valence-electron chi connectivity index (χ4n) is 2.08. The number of hydrogen-bond acceptors (Lipinski definition) is 4. The summed E-state index contributed by atoms with van der Waals surface area (Å²) in [6.45, 7) is 4.54. The molecule has 1 aromatic rings. The van der Waals surface area contributed by atoms with E-state index in [-0.39, 0.29) is 12.6 Å². The van der Waals surface area contributed by atoms with Crippen LogP contribution in [0, 0.1) is 0 Å². The first-order valence-corrected chi connectivity index (χ1v) is 8.58. The maximum atomic E-state index is 12.6. The summed E-state index contributed by atoms with van der Waals surface area (Å²) < 4.78 is 31.7. The molecule has 1 N–H and O–H groups in total. The Balaban J connectivity index is 2.94. The minimum absolute atomic E-state index is 0.126. The second-order valence-electron chi connectivity index (χ2n) is 5.17. The summed E-state index contributed by atoms with van der Waals surface area (Å²) in [5, 5.41) is 8.81. The van der Waals surface area contributed by atoms with Gasteiger partial charge in [-0.3, -0.25) is 0 Å². The smallest absolute Gasteiger partial charge is 0.243 e. The van der Waals surface area contributed by atoms with Crippen molar-refractivity contribution < 1.29 is 18.3 Å². The first-order valence-electron chi connectivity index (χ1n) is 7.14. The molecule has 0 unspecified atom stereocenters. The Morgan fingerprint density at radius 3 is 2.33 bits per heavy atom. The quantitative estimate of drug-likeness (QED) is 0.752. The van der Waals surface area contributed by atoms with E-state index in [0.717, 1.165) is 12.0 Å². The number of sulfonamides is 1. The second-order valence-corrected chi connectivity index (χ2v) is 7.06. The SMILES string of the molecule is COCCN(C(C)C)S(=O)(=O)c1ccc(CCCO)cc1. The lowest BCUT2D eigenvalue weighted by atomic mass is 10.1. The van der Waals surface area contributed by atoms with Gasteiger partial charge >= 0.3 is 0 Å². The molecule has 0 saturated carbocycles. The minimum Gasteiger partial charge on any atom is -0.396 e. The van der Waals surface area contributed by atoms with Crippen LogP contribution in [0.2, 0.25) is 0 Å². The summed E-state index contributed by atoms with van der Waals surface area (Å²) in [6.07, 6.45) is 1.42. The van der Waals surface area contributed by atoms with Crippen molar-refractivity contribution in [2.75, 3.05) is 26.9 Å². The highest BCUT2D eigenvalue weighted by Gasteiger charge is 2.26. The number of aryl methyl sites for hydroxylation is 1. The Morgan fingerprint density at radius 2 is 1.86 bits per heavy atom. The molecule has 0 aromatic heterocycles. The van der Waals surface area contributed by atoms with Crippen molar-refractivity contribution in [1.82, 2.24) is 4.31 Å². The molecule has 21 heavy (non-hydrogen) atoms. The van der Waals surface area contributed by atoms with Crippen molar-refractivity contribution in [2.45, 2.75) is 37.6 Å². The number of aliphatic hydroxyl groups excluding tert-OH is 1. The molecule has 0 bridgehead atoms. The number of methoxy groups -OCH3 is 1. The van der Waals surface area contributed by atoms with Crippen molar-refractivity contribution in [3.63, 3.8) is 0 Å². The highest BCUT2D eigenvalue weighted by atomic mass is 32.2. The van der Waals surface area contributed by atoms with Crippen LogP contribution in [-0.4, -0.2) is 50.7 Å². The van der Waals surface area contributed by atoms with Gasteiger partial charge in [-0.25, -0.2) is 8.42 Å². The van der Waals surface area contributed by atoms with Gasteiger partial charge in [0.05, 0.1) is 11.5 Å². The van der Waals surface area contributed by atoms with Gasteiger partial charge in [0, 0.05) is 26.3 Å². The Morgan fingerprint density at radius 1 is 1.24 bits per heavy atom. The predicted octanol–water partition coefficient (Wildman–Crippen LogP) is 1.66. The fourth-order valence-corrected chi connectivity index (χ4v) is 3.70. The largest absolute Gasteiger partial charge is 0.396 e. The molecule has 0 spiro atoms. The van der Waals surface area contributed by atoms with Crippen LogP contribution in [0.4, 0.5) is 0 Å². The van der Waals surface area contributed by atoms with E-state index >= 15 is 0 Å². The maximum absolute atomic E-state index is 12.6. The second kappa shape index (κ2) is 8.48. The molecule has 0 saturated heterocycles. The molecule has 0 aliphatic carbocycles. The summed E-state index contributed by atoms with van der Waals surface area (Å²) in [5.41, 5.74) is 1.02. The van der Waals surface area contributed by atoms with Crippen LogP contribution in [0.25, 0.3) is 0 Å². The van der Waals surface area contributed by atoms with Crippen molar-refractivity contribution in [3.8, 4) is 0 Å². The van der Waals surface area contributed by atoms with E-state index < -0.39 is 10.0 Å². The Bertz CT molecular complexity index is 511. The molecule has 0 radical (unpaired) electrons. The molecule has 1 aromatic carbocycles. The first-order chi connectivity index (χ1) is 9.93. The molecule has 1 rings (SSSR count). The third-order valence-corrected chi connectivity index (χ3v) is 5.33. The van der Waals surface area contributed by atoms with E-state index in [4.69, 9.17) is 9.84 Å². The van der Waals surface area contributed by atoms with Gasteiger partial charge < -0.3 is 9.84 Å². The maximum Gasteiger partial charge on any atom is 0.243 e. The van der Waals surface area contributed by atoms with E-state index in [1.807, 2.05) is 13.8 Å². The molecule has 0 aliphatic heterocycles. The lowest BCUT2D eigenvalue weighted by Gasteiger charge is -2.25. The van der Waals surface area contributed by atoms with Gasteiger partial charge in [-0.1, -0.05) is 12.1 Å². The number of aliphatic hydroxyl groups is 1. The third kappa shape index (κ3) is 5.07. The summed E-state index contributed by atoms with van der Waals surface area (Å²) in [6, 6.07) is 6.74. The highest BCUT2D eigenvalue weighted by Crippen LogP contribution is 2.19. The molecule has 0 aliphatic rings. The number of hydrogen-bond donors (Lipinski definition) is 1. The van der Waals surface area contributed by atoms with Crippen molar-refractivity contribution in [2.24, 2.45) is 0 Å². The lowest BCUT2D eigenvalue weighted by Crippen LogP contribution is -2.39. The summed E-state index contributed by atoms with van der Waals surface area (Å²) in [7, 11) is -1.95. The van der Waals surface area contributed by atoms with Crippen LogP contribution in [0.5, 0.6) is 0 Å². The van der Waals surface area contributed by atoms with Crippen LogP contribution in [0.15, 0.2) is 29.2 Å². The van der Waals surface area contributed by atoms with Crippen molar-refractivity contribution in [3.05, 3.63) is 29.8 Å². The van der Waals surface area contributed by atoms with E-state index in [0.29, 0.717) is 24.5 Å². The summed E-state index contributed by atoms with van der Waals surface area (Å²) >= 11 is 0. The van der Waals surface area contributed by atoms with E-state index in [1.54, 1.807) is 31.4 Å². The van der Waals surface area contributed by atoms with Crippen LogP contribution < -0.4 is 0 Å². The van der Waals surface area contributed by atoms with Crippen LogP contribution >= 0.6 is 0 Å². The first kappa shape index (κ1) is 18.1. The van der Waals surface area contributed by atoms with Gasteiger partial charge in [0.2, 0.25) is 10.0 Å². The third-order valence-electron chi connectivity index (χ3n) is 3.25. The van der Waals surface area contributed by atoms with Gasteiger partial charge in [0.25, 0.3) is 0 Å². The minimum atomic E-state index is -3.51. The zero-order chi connectivity index (χ0) is 15.9. The molecule has 0 heterocycles. The summed E-state index contributed by atoms with van der Waals surface area (Å²) in [4.78, 5) is 0.292. The van der Waals surface area contributed by atoms with Gasteiger partial charge in [-0.05, 0) is 44.4 Å². The molecular weight excluding hydrogens is 290 g/mol. The molecular formula is C15H25NO4S. The standard InChI is InChI=1S/C15H25NO4S/c1-13(2)16(10-12-20-3)21(18,19)15-8-6-14(7-9-15)5-4-11-17/h6-9,13,17H,4-5,10-12H2,1-3H3. The van der Waals surface area contributed by atoms with Crippen LogP contribution in [-0.2, 0) is 21.2 Å². The van der Waals surface area contributed by atoms with E-state index in [9.17, 15) is 8.42 Å². The Labute approximate surface area is 127 Å². The predicted molar refractivity (Wildman–Crippen MR) is 82.8 cm³/mol. The average Bonchev–Trinajstić information content (AvgIpc) is 2.45. The Kier molecular flexibility index (Phi) is 7.31.